The molecule has 1 aliphatic carbocycles. The highest BCUT2D eigenvalue weighted by Crippen LogP contribution is 2.40. The fourth-order valence-corrected chi connectivity index (χ4v) is 8.28. The van der Waals surface area contributed by atoms with Gasteiger partial charge in [0, 0.05) is 21.9 Å². The fourth-order valence-electron chi connectivity index (χ4n) is 5.18. The summed E-state index contributed by atoms with van der Waals surface area (Å²) >= 11 is 1.47. The molecule has 1 aromatic carbocycles. The van der Waals surface area contributed by atoms with Crippen molar-refractivity contribution in [1.82, 2.24) is 5.32 Å². The lowest BCUT2D eigenvalue weighted by Gasteiger charge is -2.19. The smallest absolute Gasteiger partial charge is 0.254 e. The summed E-state index contributed by atoms with van der Waals surface area (Å²) in [6.07, 6.45) is 4.82. The van der Waals surface area contributed by atoms with Crippen LogP contribution in [0.4, 0.5) is 5.00 Å². The van der Waals surface area contributed by atoms with Crippen molar-refractivity contribution in [3.63, 3.8) is 0 Å². The normalized spacial score (nSPS) is 21.0. The number of hydrogen-bond acceptors (Lipinski definition) is 6. The number of carbonyl (C=O) groups is 2. The van der Waals surface area contributed by atoms with Gasteiger partial charge in [0.2, 0.25) is 5.91 Å². The van der Waals surface area contributed by atoms with Gasteiger partial charge in [-0.3, -0.25) is 9.59 Å². The zero-order chi connectivity index (χ0) is 25.6. The van der Waals surface area contributed by atoms with E-state index in [1.165, 1.54) is 16.9 Å². The van der Waals surface area contributed by atoms with Crippen molar-refractivity contribution in [3.8, 4) is 0 Å². The van der Waals surface area contributed by atoms with E-state index in [-0.39, 0.29) is 29.7 Å². The highest BCUT2D eigenvalue weighted by molar-refractivity contribution is 7.91. The van der Waals surface area contributed by atoms with Crippen molar-refractivity contribution >= 4 is 49.0 Å². The van der Waals surface area contributed by atoms with Crippen LogP contribution >= 0.6 is 11.3 Å². The number of nitrogens with one attached hydrogen (secondary N) is 2. The SMILES string of the molecule is CC1CCc2c(sc(NC(=O)Cc3coc4ccc(C(C)C)cc34)c2C(=O)NC2CCS(=O)(=O)C2)C1. The number of anilines is 1. The third-order valence-corrected chi connectivity index (χ3v) is 10.2. The van der Waals surface area contributed by atoms with Gasteiger partial charge in [-0.2, -0.15) is 0 Å². The minimum Gasteiger partial charge on any atom is -0.464 e. The number of hydrogen-bond donors (Lipinski definition) is 2. The lowest BCUT2D eigenvalue weighted by molar-refractivity contribution is -0.115. The Morgan fingerprint density at radius 3 is 2.75 bits per heavy atom. The van der Waals surface area contributed by atoms with Crippen LogP contribution in [0.1, 0.15) is 71.5 Å². The maximum Gasteiger partial charge on any atom is 0.254 e. The highest BCUT2D eigenvalue weighted by Gasteiger charge is 2.33. The molecular formula is C27H32N2O5S2. The molecule has 3 aromatic rings. The van der Waals surface area contributed by atoms with Crippen LogP contribution < -0.4 is 10.6 Å². The molecule has 0 bridgehead atoms. The van der Waals surface area contributed by atoms with Crippen molar-refractivity contribution in [2.24, 2.45) is 5.92 Å². The van der Waals surface area contributed by atoms with Crippen molar-refractivity contribution in [3.05, 3.63) is 51.6 Å². The van der Waals surface area contributed by atoms with Gasteiger partial charge in [0.15, 0.2) is 9.84 Å². The first-order chi connectivity index (χ1) is 17.1. The lowest BCUT2D eigenvalue weighted by atomic mass is 9.88. The molecule has 2 aromatic heterocycles. The molecule has 1 saturated heterocycles. The average Bonchev–Trinajstić information content (AvgIpc) is 3.47. The second-order valence-corrected chi connectivity index (χ2v) is 13.9. The second kappa shape index (κ2) is 9.67. The molecule has 0 radical (unpaired) electrons. The van der Waals surface area contributed by atoms with E-state index >= 15 is 0 Å². The van der Waals surface area contributed by atoms with Gasteiger partial charge in [0.25, 0.3) is 5.91 Å². The van der Waals surface area contributed by atoms with Crippen LogP contribution in [-0.4, -0.2) is 37.8 Å². The molecule has 1 aliphatic heterocycles. The Labute approximate surface area is 215 Å². The summed E-state index contributed by atoms with van der Waals surface area (Å²) in [7, 11) is -3.11. The number of furan rings is 1. The Balaban J connectivity index is 1.39. The van der Waals surface area contributed by atoms with E-state index in [1.807, 2.05) is 12.1 Å². The number of rotatable bonds is 6. The maximum absolute atomic E-state index is 13.4. The molecule has 1 fully saturated rings. The third-order valence-electron chi connectivity index (χ3n) is 7.25. The quantitative estimate of drug-likeness (QED) is 0.476. The zero-order valence-corrected chi connectivity index (χ0v) is 22.5. The summed E-state index contributed by atoms with van der Waals surface area (Å²) < 4.78 is 29.4. The molecule has 3 heterocycles. The van der Waals surface area contributed by atoms with Crippen LogP contribution in [0.15, 0.2) is 28.9 Å². The van der Waals surface area contributed by atoms with E-state index in [1.54, 1.807) is 6.26 Å². The Hall–Kier alpha value is -2.65. The number of thiophene rings is 1. The predicted octanol–water partition coefficient (Wildman–Crippen LogP) is 4.84. The summed E-state index contributed by atoms with van der Waals surface area (Å²) in [5.74, 6) is 0.435. The molecule has 9 heteroatoms. The molecule has 2 atom stereocenters. The molecule has 36 heavy (non-hydrogen) atoms. The third kappa shape index (κ3) is 5.09. The minimum atomic E-state index is -3.11. The summed E-state index contributed by atoms with van der Waals surface area (Å²) in [5.41, 5.74) is 4.22. The number of fused-ring (bicyclic) bond motifs is 2. The summed E-state index contributed by atoms with van der Waals surface area (Å²) in [6.45, 7) is 6.45. The first-order valence-corrected chi connectivity index (χ1v) is 15.2. The van der Waals surface area contributed by atoms with Gasteiger partial charge in [-0.25, -0.2) is 8.42 Å². The molecule has 2 N–H and O–H groups in total. The summed E-state index contributed by atoms with van der Waals surface area (Å²) in [6, 6.07) is 5.66. The fraction of sp³-hybridized carbons (Fsp3) is 0.481. The van der Waals surface area contributed by atoms with E-state index in [0.717, 1.165) is 46.2 Å². The number of amides is 2. The second-order valence-electron chi connectivity index (χ2n) is 10.5. The number of sulfone groups is 1. The van der Waals surface area contributed by atoms with Gasteiger partial charge in [-0.05, 0) is 60.8 Å². The maximum atomic E-state index is 13.4. The van der Waals surface area contributed by atoms with E-state index in [9.17, 15) is 18.0 Å². The zero-order valence-electron chi connectivity index (χ0n) is 20.8. The topological polar surface area (TPSA) is 105 Å². The van der Waals surface area contributed by atoms with Gasteiger partial charge in [-0.1, -0.05) is 26.8 Å². The minimum absolute atomic E-state index is 0.0320. The highest BCUT2D eigenvalue weighted by atomic mass is 32.2. The standard InChI is InChI=1S/C27H32N2O5S2/c1-15(2)17-5-7-22-21(11-17)18(13-34-22)12-24(30)29-27-25(20-6-4-16(3)10-23(20)35-27)26(31)28-19-8-9-36(32,33)14-19/h5,7,11,13,15-16,19H,4,6,8-10,12,14H2,1-3H3,(H,28,31)(H,29,30). The molecule has 2 aliphatic rings. The van der Waals surface area contributed by atoms with Gasteiger partial charge >= 0.3 is 0 Å². The molecule has 192 valence electrons. The molecule has 7 nitrogen and oxygen atoms in total. The van der Waals surface area contributed by atoms with E-state index in [0.29, 0.717) is 28.8 Å². The first kappa shape index (κ1) is 25.0. The largest absolute Gasteiger partial charge is 0.464 e. The van der Waals surface area contributed by atoms with Crippen LogP contribution in [0.25, 0.3) is 11.0 Å². The average molecular weight is 529 g/mol. The number of carbonyl (C=O) groups excluding carboxylic acids is 2. The van der Waals surface area contributed by atoms with Gasteiger partial charge in [0.1, 0.15) is 10.6 Å². The van der Waals surface area contributed by atoms with Crippen molar-refractivity contribution in [2.45, 2.75) is 64.8 Å². The molecular weight excluding hydrogens is 496 g/mol. The molecule has 0 spiro atoms. The van der Waals surface area contributed by atoms with Gasteiger partial charge in [0.05, 0.1) is 29.8 Å². The van der Waals surface area contributed by atoms with Crippen LogP contribution in [0.5, 0.6) is 0 Å². The van der Waals surface area contributed by atoms with E-state index < -0.39 is 15.9 Å². The lowest BCUT2D eigenvalue weighted by Crippen LogP contribution is -2.36. The molecule has 2 unspecified atom stereocenters. The van der Waals surface area contributed by atoms with Crippen LogP contribution in [0, 0.1) is 5.92 Å². The predicted molar refractivity (Wildman–Crippen MR) is 143 cm³/mol. The monoisotopic (exact) mass is 528 g/mol. The van der Waals surface area contributed by atoms with Crippen LogP contribution in [-0.2, 0) is 33.9 Å². The Bertz CT molecular complexity index is 1430. The summed E-state index contributed by atoms with van der Waals surface area (Å²) in [4.78, 5) is 27.7. The van der Waals surface area contributed by atoms with Crippen LogP contribution in [0.3, 0.4) is 0 Å². The first-order valence-electron chi connectivity index (χ1n) is 12.6. The van der Waals surface area contributed by atoms with E-state index in [2.05, 4.69) is 37.5 Å². The Kier molecular flexibility index (Phi) is 6.72. The van der Waals surface area contributed by atoms with Gasteiger partial charge in [-0.15, -0.1) is 11.3 Å². The Morgan fingerprint density at radius 1 is 1.22 bits per heavy atom. The summed E-state index contributed by atoms with van der Waals surface area (Å²) in [5, 5.41) is 7.40. The van der Waals surface area contributed by atoms with Crippen LogP contribution in [0.2, 0.25) is 0 Å². The Morgan fingerprint density at radius 2 is 2.03 bits per heavy atom. The molecule has 0 saturated carbocycles. The molecule has 2 amide bonds. The van der Waals surface area contributed by atoms with Crippen molar-refractivity contribution in [1.29, 1.82) is 0 Å². The van der Waals surface area contributed by atoms with Gasteiger partial charge < -0.3 is 15.1 Å². The van der Waals surface area contributed by atoms with Crippen molar-refractivity contribution < 1.29 is 22.4 Å². The van der Waals surface area contributed by atoms with E-state index in [4.69, 9.17) is 4.42 Å². The number of benzene rings is 1. The van der Waals surface area contributed by atoms with Crippen molar-refractivity contribution in [2.75, 3.05) is 16.8 Å². The molecule has 5 rings (SSSR count).